The molecule has 2 heterocycles. The maximum Gasteiger partial charge on any atom is 0.272 e. The van der Waals surface area contributed by atoms with E-state index < -0.39 is 5.91 Å². The molecule has 0 saturated heterocycles. The maximum atomic E-state index is 13.2. The molecule has 2 aliphatic heterocycles. The molecule has 4 rings (SSSR count). The summed E-state index contributed by atoms with van der Waals surface area (Å²) in [6.45, 7) is 0.241. The van der Waals surface area contributed by atoms with E-state index in [-0.39, 0.29) is 36.0 Å². The Morgan fingerprint density at radius 1 is 1.15 bits per heavy atom. The number of carbonyl (C=O) groups excluding carboxylic acids is 3. The minimum atomic E-state index is -0.415. The summed E-state index contributed by atoms with van der Waals surface area (Å²) in [5.41, 5.74) is 1.48. The molecule has 26 heavy (non-hydrogen) atoms. The molecule has 0 aromatic heterocycles. The number of halogens is 1. The summed E-state index contributed by atoms with van der Waals surface area (Å²) in [5, 5.41) is 2.83. The Hall–Kier alpha value is -2.34. The van der Waals surface area contributed by atoms with Gasteiger partial charge in [0.05, 0.1) is 23.5 Å². The number of anilines is 2. The van der Waals surface area contributed by atoms with Gasteiger partial charge in [-0.1, -0.05) is 31.4 Å². The second-order valence-corrected chi connectivity index (χ2v) is 7.15. The van der Waals surface area contributed by atoms with Crippen molar-refractivity contribution in [2.75, 3.05) is 22.6 Å². The first kappa shape index (κ1) is 17.1. The van der Waals surface area contributed by atoms with Crippen molar-refractivity contribution in [2.24, 2.45) is 0 Å². The average molecular weight is 374 g/mol. The Morgan fingerprint density at radius 2 is 1.88 bits per heavy atom. The predicted molar refractivity (Wildman–Crippen MR) is 98.9 cm³/mol. The summed E-state index contributed by atoms with van der Waals surface area (Å²) in [5.74, 6) is -1.26. The van der Waals surface area contributed by atoms with Gasteiger partial charge in [0.15, 0.2) is 0 Å². The van der Waals surface area contributed by atoms with Crippen LogP contribution in [0.25, 0.3) is 0 Å². The number of fused-ring (bicyclic) bond motifs is 1. The minimum absolute atomic E-state index is 0.124. The molecule has 7 heteroatoms. The monoisotopic (exact) mass is 373 g/mol. The highest BCUT2D eigenvalue weighted by Gasteiger charge is 2.44. The van der Waals surface area contributed by atoms with Crippen LogP contribution in [0.2, 0.25) is 0 Å². The molecule has 0 atom stereocenters. The zero-order valence-electron chi connectivity index (χ0n) is 14.3. The second-order valence-electron chi connectivity index (χ2n) is 6.89. The van der Waals surface area contributed by atoms with Crippen LogP contribution in [0.3, 0.4) is 0 Å². The largest absolute Gasteiger partial charge is 0.330 e. The van der Waals surface area contributed by atoms with Gasteiger partial charge in [0.2, 0.25) is 5.91 Å². The topological polar surface area (TPSA) is 69.7 Å². The van der Waals surface area contributed by atoms with Crippen molar-refractivity contribution in [1.82, 2.24) is 4.90 Å². The molecule has 0 spiro atoms. The molecule has 1 fully saturated rings. The van der Waals surface area contributed by atoms with E-state index in [0.29, 0.717) is 16.9 Å². The van der Waals surface area contributed by atoms with Crippen LogP contribution in [0.5, 0.6) is 0 Å². The van der Waals surface area contributed by atoms with E-state index in [2.05, 4.69) is 5.32 Å². The number of alkyl halides is 1. The van der Waals surface area contributed by atoms with Crippen LogP contribution < -0.4 is 10.2 Å². The van der Waals surface area contributed by atoms with Gasteiger partial charge in [-0.2, -0.15) is 0 Å². The van der Waals surface area contributed by atoms with E-state index in [1.165, 1.54) is 11.3 Å². The number of hydrogen-bond acceptors (Lipinski definition) is 3. The van der Waals surface area contributed by atoms with E-state index in [9.17, 15) is 14.4 Å². The summed E-state index contributed by atoms with van der Waals surface area (Å²) >= 11 is 5.82. The molecule has 0 radical (unpaired) electrons. The zero-order valence-corrected chi connectivity index (χ0v) is 15.1. The van der Waals surface area contributed by atoms with Crippen LogP contribution in [-0.2, 0) is 14.4 Å². The smallest absolute Gasteiger partial charge is 0.272 e. The fourth-order valence-electron chi connectivity index (χ4n) is 4.09. The van der Waals surface area contributed by atoms with Crippen LogP contribution in [0, 0.1) is 0 Å². The van der Waals surface area contributed by atoms with Crippen molar-refractivity contribution in [1.29, 1.82) is 0 Å². The number of rotatable bonds is 2. The minimum Gasteiger partial charge on any atom is -0.330 e. The van der Waals surface area contributed by atoms with Gasteiger partial charge in [0.1, 0.15) is 11.6 Å². The number of hydrogen-bond donors (Lipinski definition) is 1. The van der Waals surface area contributed by atoms with E-state index in [4.69, 9.17) is 11.6 Å². The Bertz CT molecular complexity index is 814. The van der Waals surface area contributed by atoms with Gasteiger partial charge < -0.3 is 10.2 Å². The molecular formula is C19H20ClN3O3. The van der Waals surface area contributed by atoms with Crippen molar-refractivity contribution in [3.05, 3.63) is 35.5 Å². The fraction of sp³-hybridized carbons (Fsp3) is 0.421. The van der Waals surface area contributed by atoms with Crippen molar-refractivity contribution < 1.29 is 14.4 Å². The normalized spacial score (nSPS) is 20.7. The van der Waals surface area contributed by atoms with Gasteiger partial charge in [0.25, 0.3) is 11.8 Å². The number of amides is 3. The lowest BCUT2D eigenvalue weighted by atomic mass is 9.94. The van der Waals surface area contributed by atoms with Crippen LogP contribution in [0.1, 0.15) is 32.1 Å². The lowest BCUT2D eigenvalue weighted by molar-refractivity contribution is -0.129. The van der Waals surface area contributed by atoms with Crippen LogP contribution in [0.4, 0.5) is 11.4 Å². The van der Waals surface area contributed by atoms with Gasteiger partial charge in [-0.3, -0.25) is 19.3 Å². The van der Waals surface area contributed by atoms with Crippen LogP contribution >= 0.6 is 11.6 Å². The zero-order chi connectivity index (χ0) is 18.3. The van der Waals surface area contributed by atoms with E-state index in [0.717, 1.165) is 25.7 Å². The Labute approximate surface area is 156 Å². The van der Waals surface area contributed by atoms with Crippen molar-refractivity contribution >= 4 is 40.7 Å². The van der Waals surface area contributed by atoms with Gasteiger partial charge in [-0.25, -0.2) is 0 Å². The Morgan fingerprint density at radius 3 is 2.62 bits per heavy atom. The van der Waals surface area contributed by atoms with Gasteiger partial charge >= 0.3 is 0 Å². The third kappa shape index (κ3) is 2.69. The van der Waals surface area contributed by atoms with Gasteiger partial charge in [-0.05, 0) is 25.0 Å². The van der Waals surface area contributed by atoms with E-state index in [1.807, 2.05) is 0 Å². The van der Waals surface area contributed by atoms with Crippen molar-refractivity contribution in [3.8, 4) is 0 Å². The molecule has 3 amide bonds. The Kier molecular flexibility index (Phi) is 4.44. The first-order valence-corrected chi connectivity index (χ1v) is 9.48. The summed E-state index contributed by atoms with van der Waals surface area (Å²) in [7, 11) is 0. The number of benzene rings is 1. The first-order chi connectivity index (χ1) is 12.6. The SMILES string of the molecule is O=C1Nc2ccccc2N(C(=O)CCl)C2=C1CN(C1CCCCC1)C2=O. The summed E-state index contributed by atoms with van der Waals surface area (Å²) in [6.07, 6.45) is 5.22. The molecule has 1 saturated carbocycles. The molecule has 1 aromatic rings. The van der Waals surface area contributed by atoms with Crippen LogP contribution in [-0.4, -0.2) is 41.1 Å². The number of nitrogens with zero attached hydrogens (tertiary/aromatic N) is 2. The summed E-state index contributed by atoms with van der Waals surface area (Å²) in [4.78, 5) is 41.7. The summed E-state index contributed by atoms with van der Waals surface area (Å²) in [6, 6.07) is 7.09. The fourth-order valence-corrected chi connectivity index (χ4v) is 4.21. The third-order valence-electron chi connectivity index (χ3n) is 5.35. The quantitative estimate of drug-likeness (QED) is 0.810. The van der Waals surface area contributed by atoms with Crippen LogP contribution in [0.15, 0.2) is 35.5 Å². The molecule has 3 aliphatic rings. The van der Waals surface area contributed by atoms with Gasteiger partial charge in [-0.15, -0.1) is 11.6 Å². The van der Waals surface area contributed by atoms with Crippen molar-refractivity contribution in [3.63, 3.8) is 0 Å². The predicted octanol–water partition coefficient (Wildman–Crippen LogP) is 2.64. The average Bonchev–Trinajstić information content (AvgIpc) is 2.94. The highest BCUT2D eigenvalue weighted by atomic mass is 35.5. The standard InChI is InChI=1S/C19H20ClN3O3/c20-10-16(24)23-15-9-5-4-8-14(15)21-18(25)13-11-22(19(26)17(13)23)12-6-2-1-3-7-12/h4-5,8-9,12H,1-3,6-7,10-11H2,(H,21,25). The Balaban J connectivity index is 1.78. The lowest BCUT2D eigenvalue weighted by Gasteiger charge is -2.32. The molecule has 1 N–H and O–H groups in total. The molecule has 0 unspecified atom stereocenters. The lowest BCUT2D eigenvalue weighted by Crippen LogP contribution is -2.43. The third-order valence-corrected chi connectivity index (χ3v) is 5.58. The molecule has 1 aliphatic carbocycles. The molecular weight excluding hydrogens is 354 g/mol. The second kappa shape index (κ2) is 6.76. The van der Waals surface area contributed by atoms with Crippen molar-refractivity contribution in [2.45, 2.75) is 38.1 Å². The summed E-state index contributed by atoms with van der Waals surface area (Å²) < 4.78 is 0. The highest BCUT2D eigenvalue weighted by Crippen LogP contribution is 2.38. The maximum absolute atomic E-state index is 13.2. The molecule has 136 valence electrons. The first-order valence-electron chi connectivity index (χ1n) is 8.95. The highest BCUT2D eigenvalue weighted by molar-refractivity contribution is 6.32. The number of carbonyl (C=O) groups is 3. The number of para-hydroxylation sites is 2. The van der Waals surface area contributed by atoms with E-state index in [1.54, 1.807) is 29.2 Å². The molecule has 1 aromatic carbocycles. The molecule has 0 bridgehead atoms. The molecule has 6 nitrogen and oxygen atoms in total. The van der Waals surface area contributed by atoms with E-state index >= 15 is 0 Å². The number of nitrogens with one attached hydrogen (secondary N) is 1. The van der Waals surface area contributed by atoms with Gasteiger partial charge in [0, 0.05) is 6.04 Å².